The number of fused-ring (bicyclic) bond motifs is 1. The summed E-state index contributed by atoms with van der Waals surface area (Å²) in [5.74, 6) is 0.226. The molecule has 0 saturated heterocycles. The SMILES string of the molecule is CCOC(=O)c1ccc(NC(=O)Cc2c[nH]c3ccc(OC)cc23)cc1. The number of hydrogen-bond acceptors (Lipinski definition) is 4. The van der Waals surface area contributed by atoms with Crippen LogP contribution in [0, 0.1) is 0 Å². The van der Waals surface area contributed by atoms with Crippen molar-refractivity contribution in [1.29, 1.82) is 0 Å². The Morgan fingerprint density at radius 2 is 1.88 bits per heavy atom. The molecule has 1 aromatic heterocycles. The Hall–Kier alpha value is -3.28. The zero-order chi connectivity index (χ0) is 18.5. The number of benzene rings is 2. The number of aromatic nitrogens is 1. The number of methoxy groups -OCH3 is 1. The van der Waals surface area contributed by atoms with E-state index in [0.717, 1.165) is 22.2 Å². The molecule has 26 heavy (non-hydrogen) atoms. The second-order valence-electron chi connectivity index (χ2n) is 5.75. The first-order valence-corrected chi connectivity index (χ1v) is 8.31. The number of anilines is 1. The molecular formula is C20H20N2O4. The molecule has 0 bridgehead atoms. The van der Waals surface area contributed by atoms with Crippen molar-refractivity contribution in [1.82, 2.24) is 4.98 Å². The molecule has 1 heterocycles. The van der Waals surface area contributed by atoms with Gasteiger partial charge in [-0.25, -0.2) is 4.79 Å². The van der Waals surface area contributed by atoms with Crippen LogP contribution in [-0.2, 0) is 16.0 Å². The summed E-state index contributed by atoms with van der Waals surface area (Å²) in [5, 5.41) is 3.79. The average Bonchev–Trinajstić information content (AvgIpc) is 3.04. The summed E-state index contributed by atoms with van der Waals surface area (Å²) in [6.45, 7) is 2.08. The van der Waals surface area contributed by atoms with Gasteiger partial charge in [-0.15, -0.1) is 0 Å². The first kappa shape index (κ1) is 17.5. The molecule has 0 fully saturated rings. The lowest BCUT2D eigenvalue weighted by Crippen LogP contribution is -2.14. The summed E-state index contributed by atoms with van der Waals surface area (Å²) in [4.78, 5) is 27.1. The third-order valence-electron chi connectivity index (χ3n) is 4.01. The van der Waals surface area contributed by atoms with Crippen LogP contribution in [0.25, 0.3) is 10.9 Å². The molecule has 0 saturated carbocycles. The van der Waals surface area contributed by atoms with Crippen molar-refractivity contribution < 1.29 is 19.1 Å². The highest BCUT2D eigenvalue weighted by Gasteiger charge is 2.11. The maximum Gasteiger partial charge on any atom is 0.338 e. The van der Waals surface area contributed by atoms with Crippen molar-refractivity contribution in [2.45, 2.75) is 13.3 Å². The van der Waals surface area contributed by atoms with Crippen LogP contribution < -0.4 is 10.1 Å². The van der Waals surface area contributed by atoms with E-state index in [0.29, 0.717) is 17.9 Å². The van der Waals surface area contributed by atoms with Crippen LogP contribution >= 0.6 is 0 Å². The predicted octanol–water partition coefficient (Wildman–Crippen LogP) is 3.53. The van der Waals surface area contributed by atoms with E-state index in [1.54, 1.807) is 38.3 Å². The molecular weight excluding hydrogens is 332 g/mol. The third-order valence-corrected chi connectivity index (χ3v) is 4.01. The van der Waals surface area contributed by atoms with Gasteiger partial charge in [-0.1, -0.05) is 0 Å². The second-order valence-corrected chi connectivity index (χ2v) is 5.75. The lowest BCUT2D eigenvalue weighted by atomic mass is 10.1. The van der Waals surface area contributed by atoms with Gasteiger partial charge in [-0.2, -0.15) is 0 Å². The Balaban J connectivity index is 1.68. The van der Waals surface area contributed by atoms with Crippen LogP contribution in [0.1, 0.15) is 22.8 Å². The van der Waals surface area contributed by atoms with Gasteiger partial charge >= 0.3 is 5.97 Å². The highest BCUT2D eigenvalue weighted by molar-refractivity contribution is 5.96. The van der Waals surface area contributed by atoms with Gasteiger partial charge in [0.2, 0.25) is 5.91 Å². The van der Waals surface area contributed by atoms with Crippen LogP contribution in [0.3, 0.4) is 0 Å². The molecule has 6 heteroatoms. The van der Waals surface area contributed by atoms with Gasteiger partial charge in [0.1, 0.15) is 5.75 Å². The maximum atomic E-state index is 12.4. The molecule has 0 atom stereocenters. The maximum absolute atomic E-state index is 12.4. The molecule has 2 N–H and O–H groups in total. The van der Waals surface area contributed by atoms with E-state index in [9.17, 15) is 9.59 Å². The molecule has 0 spiro atoms. The Bertz CT molecular complexity index is 929. The van der Waals surface area contributed by atoms with Gasteiger partial charge < -0.3 is 19.8 Å². The van der Waals surface area contributed by atoms with Gasteiger partial charge in [-0.05, 0) is 55.0 Å². The Kier molecular flexibility index (Phi) is 5.22. The molecule has 6 nitrogen and oxygen atoms in total. The van der Waals surface area contributed by atoms with Gasteiger partial charge in [0, 0.05) is 22.8 Å². The Labute approximate surface area is 151 Å². The van der Waals surface area contributed by atoms with Crippen LogP contribution in [0.5, 0.6) is 5.75 Å². The summed E-state index contributed by atoms with van der Waals surface area (Å²) >= 11 is 0. The summed E-state index contributed by atoms with van der Waals surface area (Å²) in [7, 11) is 1.61. The first-order valence-electron chi connectivity index (χ1n) is 8.31. The molecule has 134 valence electrons. The lowest BCUT2D eigenvalue weighted by Gasteiger charge is -2.07. The van der Waals surface area contributed by atoms with Gasteiger partial charge in [0.05, 0.1) is 25.7 Å². The van der Waals surface area contributed by atoms with Crippen molar-refractivity contribution in [2.24, 2.45) is 0 Å². The van der Waals surface area contributed by atoms with E-state index < -0.39 is 0 Å². The monoisotopic (exact) mass is 352 g/mol. The minimum absolute atomic E-state index is 0.141. The molecule has 0 unspecified atom stereocenters. The van der Waals surface area contributed by atoms with Crippen molar-refractivity contribution in [3.8, 4) is 5.75 Å². The van der Waals surface area contributed by atoms with Crippen LogP contribution in [0.4, 0.5) is 5.69 Å². The van der Waals surface area contributed by atoms with E-state index in [2.05, 4.69) is 10.3 Å². The topological polar surface area (TPSA) is 80.4 Å². The van der Waals surface area contributed by atoms with Gasteiger partial charge in [-0.3, -0.25) is 4.79 Å². The highest BCUT2D eigenvalue weighted by atomic mass is 16.5. The number of H-pyrrole nitrogens is 1. The van der Waals surface area contributed by atoms with Gasteiger partial charge in [0.25, 0.3) is 0 Å². The predicted molar refractivity (Wildman–Crippen MR) is 99.6 cm³/mol. The van der Waals surface area contributed by atoms with Gasteiger partial charge in [0.15, 0.2) is 0 Å². The van der Waals surface area contributed by atoms with E-state index in [4.69, 9.17) is 9.47 Å². The summed E-state index contributed by atoms with van der Waals surface area (Å²) in [6, 6.07) is 12.3. The largest absolute Gasteiger partial charge is 0.497 e. The molecule has 1 amide bonds. The number of aromatic amines is 1. The molecule has 3 rings (SSSR count). The molecule has 0 radical (unpaired) electrons. The fourth-order valence-electron chi connectivity index (χ4n) is 2.71. The smallest absolute Gasteiger partial charge is 0.338 e. The number of hydrogen-bond donors (Lipinski definition) is 2. The number of carbonyl (C=O) groups excluding carboxylic acids is 2. The minimum atomic E-state index is -0.377. The first-order chi connectivity index (χ1) is 12.6. The fourth-order valence-corrected chi connectivity index (χ4v) is 2.71. The van der Waals surface area contributed by atoms with E-state index in [-0.39, 0.29) is 18.3 Å². The Morgan fingerprint density at radius 1 is 1.12 bits per heavy atom. The van der Waals surface area contributed by atoms with E-state index >= 15 is 0 Å². The minimum Gasteiger partial charge on any atom is -0.497 e. The second kappa shape index (κ2) is 7.74. The van der Waals surface area contributed by atoms with Crippen LogP contribution in [0.15, 0.2) is 48.7 Å². The van der Waals surface area contributed by atoms with Crippen LogP contribution in [0.2, 0.25) is 0 Å². The zero-order valence-corrected chi connectivity index (χ0v) is 14.7. The number of ether oxygens (including phenoxy) is 2. The number of nitrogens with one attached hydrogen (secondary N) is 2. The summed E-state index contributed by atoms with van der Waals surface area (Å²) in [6.07, 6.45) is 2.06. The highest BCUT2D eigenvalue weighted by Crippen LogP contribution is 2.24. The van der Waals surface area contributed by atoms with E-state index in [1.165, 1.54) is 0 Å². The fraction of sp³-hybridized carbons (Fsp3) is 0.200. The van der Waals surface area contributed by atoms with Crippen molar-refractivity contribution >= 4 is 28.5 Å². The number of carbonyl (C=O) groups is 2. The standard InChI is InChI=1S/C20H20N2O4/c1-3-26-20(24)13-4-6-15(7-5-13)22-19(23)10-14-12-21-18-9-8-16(25-2)11-17(14)18/h4-9,11-12,21H,3,10H2,1-2H3,(H,22,23). The zero-order valence-electron chi connectivity index (χ0n) is 14.7. The Morgan fingerprint density at radius 3 is 2.58 bits per heavy atom. The number of amides is 1. The summed E-state index contributed by atoms with van der Waals surface area (Å²) < 4.78 is 10.2. The molecule has 2 aromatic carbocycles. The van der Waals surface area contributed by atoms with Crippen molar-refractivity contribution in [2.75, 3.05) is 19.0 Å². The molecule has 0 aliphatic carbocycles. The quantitative estimate of drug-likeness (QED) is 0.665. The number of rotatable bonds is 6. The average molecular weight is 352 g/mol. The molecule has 3 aromatic rings. The summed E-state index contributed by atoms with van der Waals surface area (Å²) in [5.41, 5.74) is 2.92. The third kappa shape index (κ3) is 3.85. The molecule has 0 aliphatic rings. The van der Waals surface area contributed by atoms with Crippen LogP contribution in [-0.4, -0.2) is 30.6 Å². The normalized spacial score (nSPS) is 10.5. The molecule has 0 aliphatic heterocycles. The van der Waals surface area contributed by atoms with Crippen molar-refractivity contribution in [3.05, 3.63) is 59.8 Å². The van der Waals surface area contributed by atoms with E-state index in [1.807, 2.05) is 24.4 Å². The lowest BCUT2D eigenvalue weighted by molar-refractivity contribution is -0.115. The van der Waals surface area contributed by atoms with Crippen molar-refractivity contribution in [3.63, 3.8) is 0 Å². The number of esters is 1.